The molecule has 2 aromatic rings. The van der Waals surface area contributed by atoms with Crippen LogP contribution in [0.3, 0.4) is 0 Å². The van der Waals surface area contributed by atoms with Crippen LogP contribution in [-0.4, -0.2) is 77.4 Å². The van der Waals surface area contributed by atoms with Crippen molar-refractivity contribution in [2.75, 3.05) is 39.8 Å². The number of thiazole rings is 1. The molecular formula is C22H29N5O6S. The highest BCUT2D eigenvalue weighted by molar-refractivity contribution is 7.07. The highest BCUT2D eigenvalue weighted by Crippen LogP contribution is 2.36. The van der Waals surface area contributed by atoms with E-state index in [1.807, 2.05) is 24.1 Å². The van der Waals surface area contributed by atoms with Crippen molar-refractivity contribution < 1.29 is 24.0 Å². The lowest BCUT2D eigenvalue weighted by Gasteiger charge is -2.34. The SMILES string of the molecule is CCC(C)NC(=O)CN1CCN(C(=O)c2cc(OC)c(OCc3cscn3)cc2[N+](=O)[O-])CC1. The highest BCUT2D eigenvalue weighted by Gasteiger charge is 2.30. The number of hydrogen-bond donors (Lipinski definition) is 1. The molecule has 184 valence electrons. The number of rotatable bonds is 10. The van der Waals surface area contributed by atoms with Gasteiger partial charge in [-0.25, -0.2) is 4.98 Å². The first-order valence-corrected chi connectivity index (χ1v) is 11.9. The molecule has 11 nitrogen and oxygen atoms in total. The monoisotopic (exact) mass is 491 g/mol. The van der Waals surface area contributed by atoms with Crippen LogP contribution >= 0.6 is 11.3 Å². The minimum atomic E-state index is -0.599. The van der Waals surface area contributed by atoms with E-state index >= 15 is 0 Å². The van der Waals surface area contributed by atoms with E-state index in [-0.39, 0.29) is 47.9 Å². The first-order chi connectivity index (χ1) is 16.3. The largest absolute Gasteiger partial charge is 0.493 e. The van der Waals surface area contributed by atoms with Crippen molar-refractivity contribution in [1.82, 2.24) is 20.1 Å². The zero-order chi connectivity index (χ0) is 24.7. The summed E-state index contributed by atoms with van der Waals surface area (Å²) in [6, 6.07) is 2.68. The second kappa shape index (κ2) is 11.7. The average molecular weight is 492 g/mol. The van der Waals surface area contributed by atoms with E-state index in [0.717, 1.165) is 6.42 Å². The summed E-state index contributed by atoms with van der Waals surface area (Å²) in [7, 11) is 1.41. The molecule has 1 saturated heterocycles. The van der Waals surface area contributed by atoms with Crippen molar-refractivity contribution in [2.24, 2.45) is 0 Å². The number of nitrogens with zero attached hydrogens (tertiary/aromatic N) is 4. The zero-order valence-electron chi connectivity index (χ0n) is 19.5. The third-order valence-electron chi connectivity index (χ3n) is 5.61. The Kier molecular flexibility index (Phi) is 8.77. The Morgan fingerprint density at radius 1 is 1.26 bits per heavy atom. The molecule has 1 atom stereocenters. The summed E-state index contributed by atoms with van der Waals surface area (Å²) >= 11 is 1.42. The molecule has 1 aromatic heterocycles. The van der Waals surface area contributed by atoms with Gasteiger partial charge in [-0.15, -0.1) is 11.3 Å². The van der Waals surface area contributed by atoms with Crippen molar-refractivity contribution in [3.05, 3.63) is 44.4 Å². The van der Waals surface area contributed by atoms with Gasteiger partial charge in [0, 0.05) is 43.7 Å². The van der Waals surface area contributed by atoms with Crippen LogP contribution in [0, 0.1) is 10.1 Å². The van der Waals surface area contributed by atoms with Crippen LogP contribution in [0.2, 0.25) is 0 Å². The highest BCUT2D eigenvalue weighted by atomic mass is 32.1. The van der Waals surface area contributed by atoms with E-state index in [2.05, 4.69) is 10.3 Å². The van der Waals surface area contributed by atoms with Crippen LogP contribution in [0.25, 0.3) is 0 Å². The van der Waals surface area contributed by atoms with E-state index in [1.54, 1.807) is 10.4 Å². The number of nitro groups is 1. The van der Waals surface area contributed by atoms with Crippen LogP contribution in [0.1, 0.15) is 36.3 Å². The van der Waals surface area contributed by atoms with Crippen LogP contribution in [0.15, 0.2) is 23.0 Å². The van der Waals surface area contributed by atoms with E-state index in [9.17, 15) is 19.7 Å². The molecule has 1 N–H and O–H groups in total. The number of ether oxygens (including phenoxy) is 2. The molecule has 1 aliphatic rings. The fraction of sp³-hybridized carbons (Fsp3) is 0.500. The summed E-state index contributed by atoms with van der Waals surface area (Å²) in [6.45, 7) is 6.04. The Morgan fingerprint density at radius 3 is 2.59 bits per heavy atom. The molecule has 0 bridgehead atoms. The fourth-order valence-electron chi connectivity index (χ4n) is 3.51. The zero-order valence-corrected chi connectivity index (χ0v) is 20.3. The van der Waals surface area contributed by atoms with Gasteiger partial charge >= 0.3 is 0 Å². The van der Waals surface area contributed by atoms with Gasteiger partial charge in [0.25, 0.3) is 11.6 Å². The third kappa shape index (κ3) is 6.41. The molecule has 3 rings (SSSR count). The molecule has 2 heterocycles. The summed E-state index contributed by atoms with van der Waals surface area (Å²) in [6.07, 6.45) is 0.852. The quantitative estimate of drug-likeness (QED) is 0.396. The lowest BCUT2D eigenvalue weighted by atomic mass is 10.1. The van der Waals surface area contributed by atoms with Crippen molar-refractivity contribution >= 4 is 28.8 Å². The maximum Gasteiger partial charge on any atom is 0.286 e. The molecule has 0 saturated carbocycles. The lowest BCUT2D eigenvalue weighted by Crippen LogP contribution is -2.51. The van der Waals surface area contributed by atoms with E-state index in [4.69, 9.17) is 9.47 Å². The predicted octanol–water partition coefficient (Wildman–Crippen LogP) is 2.31. The van der Waals surface area contributed by atoms with Crippen molar-refractivity contribution in [2.45, 2.75) is 32.9 Å². The van der Waals surface area contributed by atoms with Gasteiger partial charge in [-0.05, 0) is 13.3 Å². The molecular weight excluding hydrogens is 462 g/mol. The van der Waals surface area contributed by atoms with Crippen molar-refractivity contribution in [1.29, 1.82) is 0 Å². The summed E-state index contributed by atoms with van der Waals surface area (Å²) in [5.74, 6) is -0.122. The number of carbonyl (C=O) groups is 2. The summed E-state index contributed by atoms with van der Waals surface area (Å²) in [5.41, 5.74) is 1.93. The number of carbonyl (C=O) groups excluding carboxylic acids is 2. The van der Waals surface area contributed by atoms with Gasteiger partial charge in [-0.3, -0.25) is 24.6 Å². The predicted molar refractivity (Wildman–Crippen MR) is 126 cm³/mol. The third-order valence-corrected chi connectivity index (χ3v) is 6.25. The van der Waals surface area contributed by atoms with E-state index in [0.29, 0.717) is 31.9 Å². The molecule has 12 heteroatoms. The summed E-state index contributed by atoms with van der Waals surface area (Å²) in [4.78, 5) is 44.1. The Balaban J connectivity index is 1.69. The van der Waals surface area contributed by atoms with Gasteiger partial charge in [-0.2, -0.15) is 0 Å². The molecule has 34 heavy (non-hydrogen) atoms. The molecule has 1 aliphatic heterocycles. The maximum absolute atomic E-state index is 13.2. The van der Waals surface area contributed by atoms with Gasteiger partial charge in [-0.1, -0.05) is 6.92 Å². The number of aromatic nitrogens is 1. The number of amides is 2. The van der Waals surface area contributed by atoms with Crippen LogP contribution < -0.4 is 14.8 Å². The lowest BCUT2D eigenvalue weighted by molar-refractivity contribution is -0.385. The molecule has 2 amide bonds. The van der Waals surface area contributed by atoms with Crippen molar-refractivity contribution in [3.63, 3.8) is 0 Å². The molecule has 1 aromatic carbocycles. The van der Waals surface area contributed by atoms with Crippen LogP contribution in [0.5, 0.6) is 11.5 Å². The number of hydrogen-bond acceptors (Lipinski definition) is 9. The molecule has 1 fully saturated rings. The number of nitro benzene ring substituents is 1. The van der Waals surface area contributed by atoms with Gasteiger partial charge < -0.3 is 19.7 Å². The first-order valence-electron chi connectivity index (χ1n) is 11.0. The normalized spacial score (nSPS) is 15.0. The standard InChI is InChI=1S/C22H29N5O6S/c1-4-15(2)24-21(28)11-25-5-7-26(8-6-25)22(29)17-9-19(32-3)20(10-18(17)27(30)31)33-12-16-13-34-14-23-16/h9-10,13-15H,4-8,11-12H2,1-3H3,(H,24,28). The molecule has 0 aliphatic carbocycles. The number of piperazine rings is 1. The Morgan fingerprint density at radius 2 is 2.00 bits per heavy atom. The average Bonchev–Trinajstić information content (AvgIpc) is 3.35. The smallest absolute Gasteiger partial charge is 0.286 e. The van der Waals surface area contributed by atoms with Gasteiger partial charge in [0.2, 0.25) is 5.91 Å². The number of benzene rings is 1. The Bertz CT molecular complexity index is 1010. The second-order valence-electron chi connectivity index (χ2n) is 7.99. The van der Waals surface area contributed by atoms with Crippen molar-refractivity contribution in [3.8, 4) is 11.5 Å². The molecule has 1 unspecified atom stereocenters. The topological polar surface area (TPSA) is 127 Å². The van der Waals surface area contributed by atoms with Gasteiger partial charge in [0.15, 0.2) is 11.5 Å². The van der Waals surface area contributed by atoms with E-state index < -0.39 is 10.8 Å². The maximum atomic E-state index is 13.2. The van der Waals surface area contributed by atoms with E-state index in [1.165, 1.54) is 30.6 Å². The van der Waals surface area contributed by atoms with Crippen LogP contribution in [0.4, 0.5) is 5.69 Å². The summed E-state index contributed by atoms with van der Waals surface area (Å²) in [5, 5.41) is 16.5. The Hall–Kier alpha value is -3.25. The second-order valence-corrected chi connectivity index (χ2v) is 8.71. The van der Waals surface area contributed by atoms with Gasteiger partial charge in [0.05, 0.1) is 35.8 Å². The summed E-state index contributed by atoms with van der Waals surface area (Å²) < 4.78 is 11.0. The number of methoxy groups -OCH3 is 1. The minimum Gasteiger partial charge on any atom is -0.493 e. The molecule has 0 radical (unpaired) electrons. The number of nitrogens with one attached hydrogen (secondary N) is 1. The molecule has 0 spiro atoms. The van der Waals surface area contributed by atoms with Crippen LogP contribution in [-0.2, 0) is 11.4 Å². The first kappa shape index (κ1) is 25.4. The van der Waals surface area contributed by atoms with Gasteiger partial charge in [0.1, 0.15) is 12.2 Å². The Labute approximate surface area is 201 Å². The fourth-order valence-corrected chi connectivity index (χ4v) is 4.05. The minimum absolute atomic E-state index is 0.0530.